The molecule has 0 amide bonds. The van der Waals surface area contributed by atoms with Gasteiger partial charge >= 0.3 is 0 Å². The maximum Gasteiger partial charge on any atom is 0.210 e. The minimum Gasteiger partial charge on any atom is -0.288 e. The molecule has 4 heteroatoms. The number of sulfone groups is 1. The SMILES string of the molecule is CCCC/C=C(/C(=O)c1ccc(C)cc1)S(=O)(=O)c1ccc(C)cc1. The molecular weight excluding hydrogens is 332 g/mol. The first-order valence-corrected chi connectivity index (χ1v) is 9.98. The van der Waals surface area contributed by atoms with Crippen LogP contribution in [-0.4, -0.2) is 14.2 Å². The smallest absolute Gasteiger partial charge is 0.210 e. The quantitative estimate of drug-likeness (QED) is 0.397. The van der Waals surface area contributed by atoms with Gasteiger partial charge in [-0.1, -0.05) is 73.4 Å². The van der Waals surface area contributed by atoms with Crippen LogP contribution < -0.4 is 0 Å². The molecule has 0 aliphatic rings. The van der Waals surface area contributed by atoms with E-state index in [1.807, 2.05) is 32.9 Å². The highest BCUT2D eigenvalue weighted by molar-refractivity contribution is 7.96. The summed E-state index contributed by atoms with van der Waals surface area (Å²) in [5.41, 5.74) is 2.39. The molecule has 0 fully saturated rings. The second kappa shape index (κ2) is 8.26. The van der Waals surface area contributed by atoms with Gasteiger partial charge < -0.3 is 0 Å². The van der Waals surface area contributed by atoms with Gasteiger partial charge in [0.1, 0.15) is 4.91 Å². The van der Waals surface area contributed by atoms with Crippen molar-refractivity contribution in [2.24, 2.45) is 0 Å². The molecule has 2 aromatic rings. The Morgan fingerprint density at radius 1 is 0.920 bits per heavy atom. The van der Waals surface area contributed by atoms with Gasteiger partial charge in [0.2, 0.25) is 15.6 Å². The fraction of sp³-hybridized carbons (Fsp3) is 0.286. The Balaban J connectivity index is 2.48. The summed E-state index contributed by atoms with van der Waals surface area (Å²) in [6.45, 7) is 5.85. The lowest BCUT2D eigenvalue weighted by molar-refractivity contribution is 0.104. The van der Waals surface area contributed by atoms with E-state index in [0.29, 0.717) is 12.0 Å². The van der Waals surface area contributed by atoms with Crippen molar-refractivity contribution in [2.75, 3.05) is 0 Å². The van der Waals surface area contributed by atoms with Crippen molar-refractivity contribution in [3.8, 4) is 0 Å². The minimum atomic E-state index is -3.84. The molecule has 0 spiro atoms. The molecule has 0 aliphatic heterocycles. The van der Waals surface area contributed by atoms with Crippen molar-refractivity contribution in [1.29, 1.82) is 0 Å². The van der Waals surface area contributed by atoms with Gasteiger partial charge in [0.15, 0.2) is 0 Å². The summed E-state index contributed by atoms with van der Waals surface area (Å²) in [5, 5.41) is 0. The summed E-state index contributed by atoms with van der Waals surface area (Å²) >= 11 is 0. The van der Waals surface area contributed by atoms with E-state index >= 15 is 0 Å². The molecule has 0 bridgehead atoms. The Hall–Kier alpha value is -2.20. The van der Waals surface area contributed by atoms with Crippen molar-refractivity contribution in [2.45, 2.75) is 44.9 Å². The molecule has 0 radical (unpaired) electrons. The van der Waals surface area contributed by atoms with E-state index in [4.69, 9.17) is 0 Å². The van der Waals surface area contributed by atoms with Gasteiger partial charge in [-0.3, -0.25) is 4.79 Å². The third-order valence-corrected chi connectivity index (χ3v) is 5.87. The van der Waals surface area contributed by atoms with Gasteiger partial charge in [-0.25, -0.2) is 8.42 Å². The number of hydrogen-bond acceptors (Lipinski definition) is 3. The lowest BCUT2D eigenvalue weighted by Gasteiger charge is -2.10. The second-order valence-electron chi connectivity index (χ2n) is 6.22. The highest BCUT2D eigenvalue weighted by atomic mass is 32.2. The fourth-order valence-corrected chi connectivity index (χ4v) is 3.90. The number of benzene rings is 2. The Kier molecular flexibility index (Phi) is 6.32. The first-order chi connectivity index (χ1) is 11.9. The Morgan fingerprint density at radius 3 is 1.96 bits per heavy atom. The van der Waals surface area contributed by atoms with E-state index in [-0.39, 0.29) is 9.80 Å². The molecule has 2 aromatic carbocycles. The molecule has 0 N–H and O–H groups in total. The summed E-state index contributed by atoms with van der Waals surface area (Å²) in [5.74, 6) is -0.448. The summed E-state index contributed by atoms with van der Waals surface area (Å²) in [7, 11) is -3.84. The molecule has 0 aliphatic carbocycles. The molecule has 0 saturated heterocycles. The largest absolute Gasteiger partial charge is 0.288 e. The van der Waals surface area contributed by atoms with Crippen LogP contribution in [0, 0.1) is 13.8 Å². The number of unbranched alkanes of at least 4 members (excludes halogenated alkanes) is 2. The standard InChI is InChI=1S/C21H24O3S/c1-4-5-6-7-20(21(22)18-12-8-16(2)9-13-18)25(23,24)19-14-10-17(3)11-15-19/h7-15H,4-6H2,1-3H3/b20-7-. The van der Waals surface area contributed by atoms with E-state index in [1.165, 1.54) is 0 Å². The maximum atomic E-state index is 13.0. The van der Waals surface area contributed by atoms with Crippen LogP contribution in [0.1, 0.15) is 47.7 Å². The molecule has 0 saturated carbocycles. The van der Waals surface area contributed by atoms with Gasteiger partial charge in [-0.15, -0.1) is 0 Å². The van der Waals surface area contributed by atoms with Crippen LogP contribution in [0.15, 0.2) is 64.4 Å². The van der Waals surface area contributed by atoms with E-state index in [1.54, 1.807) is 42.5 Å². The molecule has 25 heavy (non-hydrogen) atoms. The number of hydrogen-bond donors (Lipinski definition) is 0. The van der Waals surface area contributed by atoms with E-state index in [2.05, 4.69) is 0 Å². The lowest BCUT2D eigenvalue weighted by atomic mass is 10.1. The first kappa shape index (κ1) is 19.1. The average Bonchev–Trinajstić information content (AvgIpc) is 2.59. The third kappa shape index (κ3) is 4.67. The zero-order valence-electron chi connectivity index (χ0n) is 15.0. The highest BCUT2D eigenvalue weighted by Crippen LogP contribution is 2.24. The second-order valence-corrected chi connectivity index (χ2v) is 8.14. The molecule has 0 atom stereocenters. The number of Topliss-reactive ketones (excluding diaryl/α,β-unsaturated/α-hetero) is 1. The van der Waals surface area contributed by atoms with Crippen LogP contribution in [0.3, 0.4) is 0 Å². The molecular formula is C21H24O3S. The van der Waals surface area contributed by atoms with Crippen LogP contribution >= 0.6 is 0 Å². The topological polar surface area (TPSA) is 51.2 Å². The van der Waals surface area contributed by atoms with E-state index < -0.39 is 15.6 Å². The van der Waals surface area contributed by atoms with Crippen molar-refractivity contribution in [1.82, 2.24) is 0 Å². The normalized spacial score (nSPS) is 12.2. The maximum absolute atomic E-state index is 13.0. The summed E-state index contributed by atoms with van der Waals surface area (Å²) < 4.78 is 26.1. The number of ketones is 1. The molecule has 0 aromatic heterocycles. The predicted octanol–water partition coefficient (Wildman–Crippen LogP) is 5.03. The lowest BCUT2D eigenvalue weighted by Crippen LogP contribution is -2.15. The van der Waals surface area contributed by atoms with Crippen molar-refractivity contribution in [3.63, 3.8) is 0 Å². The van der Waals surface area contributed by atoms with Gasteiger partial charge in [-0.05, 0) is 32.4 Å². The minimum absolute atomic E-state index is 0.131. The summed E-state index contributed by atoms with van der Waals surface area (Å²) in [6.07, 6.45) is 3.91. The van der Waals surface area contributed by atoms with Gasteiger partial charge in [0, 0.05) is 5.56 Å². The fourth-order valence-electron chi connectivity index (χ4n) is 2.45. The summed E-state index contributed by atoms with van der Waals surface area (Å²) in [4.78, 5) is 12.9. The van der Waals surface area contributed by atoms with Gasteiger partial charge in [0.05, 0.1) is 4.90 Å². The van der Waals surface area contributed by atoms with Crippen molar-refractivity contribution in [3.05, 3.63) is 76.2 Å². The van der Waals surface area contributed by atoms with Crippen molar-refractivity contribution < 1.29 is 13.2 Å². The molecule has 0 unspecified atom stereocenters. The van der Waals surface area contributed by atoms with Crippen LogP contribution in [0.4, 0.5) is 0 Å². The number of rotatable bonds is 7. The van der Waals surface area contributed by atoms with Crippen LogP contribution in [-0.2, 0) is 9.84 Å². The third-order valence-electron chi connectivity index (χ3n) is 4.05. The van der Waals surface area contributed by atoms with Gasteiger partial charge in [0.25, 0.3) is 0 Å². The molecule has 3 nitrogen and oxygen atoms in total. The number of carbonyl (C=O) groups excluding carboxylic acids is 1. The van der Waals surface area contributed by atoms with Gasteiger partial charge in [-0.2, -0.15) is 0 Å². The number of carbonyl (C=O) groups is 1. The summed E-state index contributed by atoms with van der Waals surface area (Å²) in [6, 6.07) is 13.6. The monoisotopic (exact) mass is 356 g/mol. The Bertz CT molecular complexity index is 858. The van der Waals surface area contributed by atoms with E-state index in [9.17, 15) is 13.2 Å². The zero-order valence-corrected chi connectivity index (χ0v) is 15.8. The number of allylic oxidation sites excluding steroid dienone is 2. The average molecular weight is 356 g/mol. The molecule has 2 rings (SSSR count). The van der Waals surface area contributed by atoms with Crippen LogP contribution in [0.2, 0.25) is 0 Å². The first-order valence-electron chi connectivity index (χ1n) is 8.49. The predicted molar refractivity (Wildman–Crippen MR) is 101 cm³/mol. The van der Waals surface area contributed by atoms with Crippen molar-refractivity contribution >= 4 is 15.6 Å². The van der Waals surface area contributed by atoms with Crippen LogP contribution in [0.25, 0.3) is 0 Å². The number of aryl methyl sites for hydroxylation is 2. The Labute approximate surface area is 150 Å². The Morgan fingerprint density at radius 2 is 1.44 bits per heavy atom. The van der Waals surface area contributed by atoms with E-state index in [0.717, 1.165) is 24.0 Å². The molecule has 0 heterocycles. The molecule has 132 valence electrons. The highest BCUT2D eigenvalue weighted by Gasteiger charge is 2.27. The zero-order chi connectivity index (χ0) is 18.4. The van der Waals surface area contributed by atoms with Crippen LogP contribution in [0.5, 0.6) is 0 Å².